The third kappa shape index (κ3) is 5.32. The highest BCUT2D eigenvalue weighted by Crippen LogP contribution is 2.30. The summed E-state index contributed by atoms with van der Waals surface area (Å²) in [5.41, 5.74) is 2.78. The van der Waals surface area contributed by atoms with E-state index < -0.39 is 0 Å². The van der Waals surface area contributed by atoms with E-state index in [1.165, 1.54) is 31.0 Å². The van der Waals surface area contributed by atoms with Crippen molar-refractivity contribution in [1.82, 2.24) is 9.55 Å². The van der Waals surface area contributed by atoms with E-state index in [1.54, 1.807) is 7.11 Å². The Morgan fingerprint density at radius 2 is 1.90 bits per heavy atom. The summed E-state index contributed by atoms with van der Waals surface area (Å²) in [5.74, 6) is 0.588. The molecule has 0 aliphatic carbocycles. The summed E-state index contributed by atoms with van der Waals surface area (Å²) < 4.78 is 7.58. The van der Waals surface area contributed by atoms with Crippen LogP contribution in [0.4, 0.5) is 5.69 Å². The van der Waals surface area contributed by atoms with Crippen LogP contribution in [-0.4, -0.2) is 27.8 Å². The van der Waals surface area contributed by atoms with E-state index in [2.05, 4.69) is 22.9 Å². The van der Waals surface area contributed by atoms with Crippen molar-refractivity contribution in [2.75, 3.05) is 12.4 Å². The lowest BCUT2D eigenvalue weighted by Crippen LogP contribution is -2.23. The number of nitrogens with zero attached hydrogens (tertiary/aromatic N) is 2. The topological polar surface area (TPSA) is 56.2 Å². The highest BCUT2D eigenvalue weighted by molar-refractivity contribution is 8.00. The number of amides is 1. The maximum atomic E-state index is 12.8. The largest absolute Gasteiger partial charge is 0.495 e. The first-order chi connectivity index (χ1) is 14.1. The maximum absolute atomic E-state index is 12.8. The van der Waals surface area contributed by atoms with Gasteiger partial charge in [-0.2, -0.15) is 0 Å². The number of anilines is 1. The van der Waals surface area contributed by atoms with E-state index in [4.69, 9.17) is 9.72 Å². The molecule has 3 rings (SSSR count). The second-order valence-electron chi connectivity index (χ2n) is 7.05. The van der Waals surface area contributed by atoms with Crippen LogP contribution in [0.15, 0.2) is 53.7 Å². The molecule has 154 valence electrons. The van der Waals surface area contributed by atoms with Crippen LogP contribution < -0.4 is 10.1 Å². The number of rotatable bonds is 10. The molecule has 0 saturated heterocycles. The molecule has 0 bridgehead atoms. The predicted octanol–water partition coefficient (Wildman–Crippen LogP) is 5.74. The number of imidazole rings is 1. The second-order valence-corrected chi connectivity index (χ2v) is 8.35. The van der Waals surface area contributed by atoms with Crippen LogP contribution in [0.1, 0.15) is 39.5 Å². The van der Waals surface area contributed by atoms with Crippen LogP contribution in [0.2, 0.25) is 0 Å². The fraction of sp³-hybridized carbons (Fsp3) is 0.391. The number of nitrogens with one attached hydrogen (secondary N) is 1. The van der Waals surface area contributed by atoms with Gasteiger partial charge in [-0.05, 0) is 37.6 Å². The summed E-state index contributed by atoms with van der Waals surface area (Å²) >= 11 is 1.50. The second kappa shape index (κ2) is 10.3. The zero-order valence-corrected chi connectivity index (χ0v) is 18.2. The minimum Gasteiger partial charge on any atom is -0.495 e. The predicted molar refractivity (Wildman–Crippen MR) is 121 cm³/mol. The lowest BCUT2D eigenvalue weighted by Gasteiger charge is -2.15. The molecule has 5 nitrogen and oxygen atoms in total. The van der Waals surface area contributed by atoms with Crippen LogP contribution in [-0.2, 0) is 11.3 Å². The summed E-state index contributed by atoms with van der Waals surface area (Å²) in [6.07, 6.45) is 4.78. The van der Waals surface area contributed by atoms with E-state index in [9.17, 15) is 4.79 Å². The Bertz CT molecular complexity index is 954. The number of para-hydroxylation sites is 4. The maximum Gasteiger partial charge on any atom is 0.237 e. The molecule has 1 N–H and O–H groups in total. The van der Waals surface area contributed by atoms with Crippen molar-refractivity contribution in [3.8, 4) is 5.75 Å². The van der Waals surface area contributed by atoms with Crippen molar-refractivity contribution in [3.63, 3.8) is 0 Å². The minimum atomic E-state index is -0.286. The number of aryl methyl sites for hydroxylation is 1. The van der Waals surface area contributed by atoms with Crippen molar-refractivity contribution in [2.24, 2.45) is 0 Å². The Hall–Kier alpha value is -2.47. The van der Waals surface area contributed by atoms with Crippen molar-refractivity contribution in [2.45, 2.75) is 56.5 Å². The van der Waals surface area contributed by atoms with Crippen molar-refractivity contribution >= 4 is 34.4 Å². The van der Waals surface area contributed by atoms with Crippen molar-refractivity contribution in [1.29, 1.82) is 0 Å². The van der Waals surface area contributed by atoms with Crippen molar-refractivity contribution < 1.29 is 9.53 Å². The Kier molecular flexibility index (Phi) is 7.58. The molecular formula is C23H29N3O2S. The number of fused-ring (bicyclic) bond motifs is 1. The number of hydrogen-bond acceptors (Lipinski definition) is 4. The van der Waals surface area contributed by atoms with Gasteiger partial charge in [-0.1, -0.05) is 62.2 Å². The highest BCUT2D eigenvalue weighted by atomic mass is 32.2. The number of hydrogen-bond donors (Lipinski definition) is 1. The van der Waals surface area contributed by atoms with Crippen LogP contribution in [0.25, 0.3) is 11.0 Å². The first-order valence-corrected chi connectivity index (χ1v) is 11.1. The first kappa shape index (κ1) is 21.2. The molecule has 0 aliphatic rings. The van der Waals surface area contributed by atoms with E-state index in [1.807, 2.05) is 49.4 Å². The number of aromatic nitrogens is 2. The molecule has 1 heterocycles. The quantitative estimate of drug-likeness (QED) is 0.341. The van der Waals surface area contributed by atoms with Gasteiger partial charge in [0.15, 0.2) is 5.16 Å². The first-order valence-electron chi connectivity index (χ1n) is 10.2. The van der Waals surface area contributed by atoms with Crippen molar-refractivity contribution in [3.05, 3.63) is 48.5 Å². The fourth-order valence-electron chi connectivity index (χ4n) is 3.25. The van der Waals surface area contributed by atoms with Gasteiger partial charge in [-0.15, -0.1) is 0 Å². The highest BCUT2D eigenvalue weighted by Gasteiger charge is 2.20. The molecule has 0 aliphatic heterocycles. The van der Waals surface area contributed by atoms with Gasteiger partial charge in [0.2, 0.25) is 5.91 Å². The van der Waals surface area contributed by atoms with Gasteiger partial charge in [-0.3, -0.25) is 4.79 Å². The number of benzene rings is 2. The SMILES string of the molecule is CCCCCCn1c(SC(C)C(=O)Nc2ccccc2OC)nc2ccccc21. The molecule has 3 aromatic rings. The van der Waals surface area contributed by atoms with Crippen LogP contribution in [0, 0.1) is 0 Å². The fourth-order valence-corrected chi connectivity index (χ4v) is 4.20. The van der Waals surface area contributed by atoms with Gasteiger partial charge in [0, 0.05) is 6.54 Å². The van der Waals surface area contributed by atoms with Crippen LogP contribution in [0.5, 0.6) is 5.75 Å². The normalized spacial score (nSPS) is 12.1. The van der Waals surface area contributed by atoms with Gasteiger partial charge in [0.1, 0.15) is 5.75 Å². The zero-order valence-electron chi connectivity index (χ0n) is 17.4. The molecule has 0 saturated carbocycles. The van der Waals surface area contributed by atoms with Gasteiger partial charge in [0.05, 0.1) is 29.1 Å². The summed E-state index contributed by atoms with van der Waals surface area (Å²) in [4.78, 5) is 17.6. The third-order valence-electron chi connectivity index (χ3n) is 4.87. The number of thioether (sulfide) groups is 1. The van der Waals surface area contributed by atoms with Gasteiger partial charge in [-0.25, -0.2) is 4.98 Å². The smallest absolute Gasteiger partial charge is 0.237 e. The van der Waals surface area contributed by atoms with Crippen LogP contribution in [0.3, 0.4) is 0 Å². The van der Waals surface area contributed by atoms with Gasteiger partial charge in [0.25, 0.3) is 0 Å². The zero-order chi connectivity index (χ0) is 20.6. The molecule has 1 amide bonds. The molecule has 2 aromatic carbocycles. The standard InChI is InChI=1S/C23H29N3O2S/c1-4-5-6-11-16-26-20-14-9-7-12-18(20)25-23(26)29-17(2)22(27)24-19-13-8-10-15-21(19)28-3/h7-10,12-15,17H,4-6,11,16H2,1-3H3,(H,24,27). The summed E-state index contributed by atoms with van der Waals surface area (Å²) in [6, 6.07) is 15.6. The van der Waals surface area contributed by atoms with Gasteiger partial charge >= 0.3 is 0 Å². The summed E-state index contributed by atoms with van der Waals surface area (Å²) in [6.45, 7) is 5.05. The molecule has 6 heteroatoms. The van der Waals surface area contributed by atoms with Gasteiger partial charge < -0.3 is 14.6 Å². The number of unbranched alkanes of at least 4 members (excludes halogenated alkanes) is 3. The molecule has 0 spiro atoms. The lowest BCUT2D eigenvalue weighted by atomic mass is 10.2. The van der Waals surface area contributed by atoms with E-state index in [-0.39, 0.29) is 11.2 Å². The Morgan fingerprint density at radius 3 is 2.69 bits per heavy atom. The van der Waals surface area contributed by atoms with Crippen LogP contribution >= 0.6 is 11.8 Å². The number of methoxy groups -OCH3 is 1. The van der Waals surface area contributed by atoms with E-state index >= 15 is 0 Å². The summed E-state index contributed by atoms with van der Waals surface area (Å²) in [5, 5.41) is 3.58. The lowest BCUT2D eigenvalue weighted by molar-refractivity contribution is -0.115. The number of ether oxygens (including phenoxy) is 1. The Labute approximate surface area is 176 Å². The average Bonchev–Trinajstić information content (AvgIpc) is 3.08. The molecule has 29 heavy (non-hydrogen) atoms. The Morgan fingerprint density at radius 1 is 1.14 bits per heavy atom. The molecular weight excluding hydrogens is 382 g/mol. The molecule has 1 unspecified atom stereocenters. The summed E-state index contributed by atoms with van der Waals surface area (Å²) in [7, 11) is 1.60. The number of carbonyl (C=O) groups excluding carboxylic acids is 1. The third-order valence-corrected chi connectivity index (χ3v) is 5.96. The monoisotopic (exact) mass is 411 g/mol. The molecule has 1 atom stereocenters. The molecule has 0 radical (unpaired) electrons. The van der Waals surface area contributed by atoms with E-state index in [0.717, 1.165) is 29.2 Å². The molecule has 1 aromatic heterocycles. The minimum absolute atomic E-state index is 0.0657. The average molecular weight is 412 g/mol. The molecule has 0 fully saturated rings. The van der Waals surface area contributed by atoms with E-state index in [0.29, 0.717) is 11.4 Å². The number of carbonyl (C=O) groups is 1. The Balaban J connectivity index is 1.74.